The maximum absolute atomic E-state index is 12.1. The monoisotopic (exact) mass is 294 g/mol. The highest BCUT2D eigenvalue weighted by atomic mass is 79.9. The van der Waals surface area contributed by atoms with Gasteiger partial charge in [0, 0.05) is 31.4 Å². The molecule has 0 bridgehead atoms. The van der Waals surface area contributed by atoms with Crippen molar-refractivity contribution in [2.24, 2.45) is 0 Å². The molecule has 1 aliphatic heterocycles. The summed E-state index contributed by atoms with van der Waals surface area (Å²) in [4.78, 5) is 17.1. The molecule has 0 fully saturated rings. The zero-order valence-corrected chi connectivity index (χ0v) is 10.7. The van der Waals surface area contributed by atoms with Crippen molar-refractivity contribution in [1.29, 1.82) is 0 Å². The second kappa shape index (κ2) is 4.07. The second-order valence-electron chi connectivity index (χ2n) is 4.06. The third-order valence-electron chi connectivity index (χ3n) is 2.99. The number of aromatic nitrogens is 1. The molecule has 5 heteroatoms. The number of furan rings is 1. The number of fused-ring (bicyclic) bond motifs is 1. The number of hydrogen-bond acceptors (Lipinski definition) is 2. The van der Waals surface area contributed by atoms with Crippen LogP contribution in [-0.4, -0.2) is 22.3 Å². The number of rotatable bonds is 1. The van der Waals surface area contributed by atoms with Crippen LogP contribution in [0.5, 0.6) is 0 Å². The summed E-state index contributed by atoms with van der Waals surface area (Å²) < 4.78 is 5.87. The SMILES string of the molecule is O=C(c1ccc(Br)o1)N1CCc2[nH]ccc2C1. The molecule has 88 valence electrons. The molecule has 0 radical (unpaired) electrons. The van der Waals surface area contributed by atoms with Crippen molar-refractivity contribution in [2.45, 2.75) is 13.0 Å². The summed E-state index contributed by atoms with van der Waals surface area (Å²) in [5.74, 6) is 0.332. The standard InChI is InChI=1S/C12H11BrN2O2/c13-11-2-1-10(17-11)12(16)15-6-4-9-8(7-15)3-5-14-9/h1-3,5,14H,4,6-7H2. The van der Waals surface area contributed by atoms with Gasteiger partial charge in [-0.05, 0) is 39.7 Å². The molecule has 1 N–H and O–H groups in total. The van der Waals surface area contributed by atoms with Crippen molar-refractivity contribution in [3.63, 3.8) is 0 Å². The van der Waals surface area contributed by atoms with Gasteiger partial charge in [0.15, 0.2) is 10.4 Å². The van der Waals surface area contributed by atoms with E-state index >= 15 is 0 Å². The summed E-state index contributed by atoms with van der Waals surface area (Å²) in [7, 11) is 0. The maximum atomic E-state index is 12.1. The largest absolute Gasteiger partial charge is 0.444 e. The van der Waals surface area contributed by atoms with Crippen molar-refractivity contribution in [3.05, 3.63) is 46.1 Å². The molecular weight excluding hydrogens is 284 g/mol. The van der Waals surface area contributed by atoms with Gasteiger partial charge in [-0.1, -0.05) is 0 Å². The number of H-pyrrole nitrogens is 1. The molecule has 2 aromatic heterocycles. The number of carbonyl (C=O) groups is 1. The Kier molecular flexibility index (Phi) is 2.55. The number of aromatic amines is 1. The van der Waals surface area contributed by atoms with Gasteiger partial charge in [0.2, 0.25) is 0 Å². The average Bonchev–Trinajstić information content (AvgIpc) is 2.95. The molecule has 0 atom stereocenters. The van der Waals surface area contributed by atoms with E-state index in [0.717, 1.165) is 13.0 Å². The van der Waals surface area contributed by atoms with Crippen molar-refractivity contribution < 1.29 is 9.21 Å². The van der Waals surface area contributed by atoms with Crippen LogP contribution in [0.1, 0.15) is 21.8 Å². The van der Waals surface area contributed by atoms with Crippen LogP contribution in [0.4, 0.5) is 0 Å². The van der Waals surface area contributed by atoms with Gasteiger partial charge in [-0.15, -0.1) is 0 Å². The Morgan fingerprint density at radius 3 is 3.06 bits per heavy atom. The van der Waals surface area contributed by atoms with Crippen molar-refractivity contribution in [3.8, 4) is 0 Å². The summed E-state index contributed by atoms with van der Waals surface area (Å²) in [6, 6.07) is 5.45. The Balaban J connectivity index is 1.81. The van der Waals surface area contributed by atoms with Crippen LogP contribution in [0, 0.1) is 0 Å². The van der Waals surface area contributed by atoms with E-state index in [-0.39, 0.29) is 5.91 Å². The van der Waals surface area contributed by atoms with E-state index in [1.54, 1.807) is 17.0 Å². The summed E-state index contributed by atoms with van der Waals surface area (Å²) in [5.41, 5.74) is 2.42. The van der Waals surface area contributed by atoms with Gasteiger partial charge in [-0.3, -0.25) is 4.79 Å². The van der Waals surface area contributed by atoms with Gasteiger partial charge in [0.05, 0.1) is 0 Å². The molecule has 0 unspecified atom stereocenters. The van der Waals surface area contributed by atoms with Crippen LogP contribution in [-0.2, 0) is 13.0 Å². The van der Waals surface area contributed by atoms with E-state index in [4.69, 9.17) is 4.42 Å². The smallest absolute Gasteiger partial charge is 0.289 e. The van der Waals surface area contributed by atoms with E-state index in [2.05, 4.69) is 20.9 Å². The number of carbonyl (C=O) groups excluding carboxylic acids is 1. The quantitative estimate of drug-likeness (QED) is 0.879. The highest BCUT2D eigenvalue weighted by molar-refractivity contribution is 9.10. The van der Waals surface area contributed by atoms with Gasteiger partial charge >= 0.3 is 0 Å². The minimum absolute atomic E-state index is 0.0532. The molecule has 1 aliphatic rings. The van der Waals surface area contributed by atoms with Crippen molar-refractivity contribution in [1.82, 2.24) is 9.88 Å². The van der Waals surface area contributed by atoms with Crippen LogP contribution in [0.2, 0.25) is 0 Å². The number of halogens is 1. The van der Waals surface area contributed by atoms with Crippen LogP contribution in [0.3, 0.4) is 0 Å². The van der Waals surface area contributed by atoms with Crippen molar-refractivity contribution >= 4 is 21.8 Å². The molecule has 0 aliphatic carbocycles. The first-order valence-electron chi connectivity index (χ1n) is 5.44. The van der Waals surface area contributed by atoms with E-state index in [9.17, 15) is 4.79 Å². The Morgan fingerprint density at radius 2 is 2.29 bits per heavy atom. The number of nitrogens with one attached hydrogen (secondary N) is 1. The Bertz CT molecular complexity index is 558. The van der Waals surface area contributed by atoms with Crippen LogP contribution in [0.25, 0.3) is 0 Å². The highest BCUT2D eigenvalue weighted by Crippen LogP contribution is 2.21. The molecule has 3 heterocycles. The Hall–Kier alpha value is -1.49. The zero-order chi connectivity index (χ0) is 11.8. The fourth-order valence-corrected chi connectivity index (χ4v) is 2.41. The molecular formula is C12H11BrN2O2. The highest BCUT2D eigenvalue weighted by Gasteiger charge is 2.24. The number of hydrogen-bond donors (Lipinski definition) is 1. The first-order chi connectivity index (χ1) is 8.24. The van der Waals surface area contributed by atoms with E-state index in [1.807, 2.05) is 12.3 Å². The Labute approximate surface area is 107 Å². The lowest BCUT2D eigenvalue weighted by molar-refractivity contribution is 0.0700. The lowest BCUT2D eigenvalue weighted by atomic mass is 10.1. The predicted octanol–water partition coefficient (Wildman–Crippen LogP) is 2.57. The molecule has 3 rings (SSSR count). The van der Waals surface area contributed by atoms with E-state index in [0.29, 0.717) is 17.0 Å². The Morgan fingerprint density at radius 1 is 1.41 bits per heavy atom. The molecule has 4 nitrogen and oxygen atoms in total. The van der Waals surface area contributed by atoms with Gasteiger partial charge < -0.3 is 14.3 Å². The third kappa shape index (κ3) is 1.91. The lowest BCUT2D eigenvalue weighted by Gasteiger charge is -2.26. The van der Waals surface area contributed by atoms with Crippen LogP contribution in [0.15, 0.2) is 33.5 Å². The first kappa shape index (κ1) is 10.7. The topological polar surface area (TPSA) is 49.2 Å². The summed E-state index contributed by atoms with van der Waals surface area (Å²) in [5, 5.41) is 0. The number of amides is 1. The predicted molar refractivity (Wildman–Crippen MR) is 65.6 cm³/mol. The van der Waals surface area contributed by atoms with Crippen molar-refractivity contribution in [2.75, 3.05) is 6.54 Å². The molecule has 1 amide bonds. The minimum atomic E-state index is -0.0532. The molecule has 2 aromatic rings. The van der Waals surface area contributed by atoms with Gasteiger partial charge in [0.25, 0.3) is 5.91 Å². The number of nitrogens with zero attached hydrogens (tertiary/aromatic N) is 1. The molecule has 0 aromatic carbocycles. The van der Waals surface area contributed by atoms with Gasteiger partial charge in [0.1, 0.15) is 0 Å². The fourth-order valence-electron chi connectivity index (χ4n) is 2.11. The molecule has 0 saturated heterocycles. The van der Waals surface area contributed by atoms with Gasteiger partial charge in [-0.25, -0.2) is 0 Å². The molecule has 0 spiro atoms. The van der Waals surface area contributed by atoms with E-state index in [1.165, 1.54) is 11.3 Å². The molecule has 0 saturated carbocycles. The van der Waals surface area contributed by atoms with Crippen LogP contribution < -0.4 is 0 Å². The molecule has 17 heavy (non-hydrogen) atoms. The fraction of sp³-hybridized carbons (Fsp3) is 0.250. The second-order valence-corrected chi connectivity index (χ2v) is 4.84. The average molecular weight is 295 g/mol. The summed E-state index contributed by atoms with van der Waals surface area (Å²) >= 11 is 3.20. The first-order valence-corrected chi connectivity index (χ1v) is 6.23. The minimum Gasteiger partial charge on any atom is -0.444 e. The summed E-state index contributed by atoms with van der Waals surface area (Å²) in [6.45, 7) is 1.38. The lowest BCUT2D eigenvalue weighted by Crippen LogP contribution is -2.35. The van der Waals surface area contributed by atoms with Gasteiger partial charge in [-0.2, -0.15) is 0 Å². The third-order valence-corrected chi connectivity index (χ3v) is 3.42. The normalized spacial score (nSPS) is 14.8. The van der Waals surface area contributed by atoms with Crippen LogP contribution >= 0.6 is 15.9 Å². The zero-order valence-electron chi connectivity index (χ0n) is 9.07. The van der Waals surface area contributed by atoms with E-state index < -0.39 is 0 Å². The summed E-state index contributed by atoms with van der Waals surface area (Å²) in [6.07, 6.45) is 2.79. The maximum Gasteiger partial charge on any atom is 0.289 e.